The van der Waals surface area contributed by atoms with Crippen LogP contribution < -0.4 is 5.32 Å². The molecule has 0 spiro atoms. The SMILES string of the molecule is SCCC#Cc1cccc(Nc2ccccc2)c1. The Hall–Kier alpha value is -1.85. The van der Waals surface area contributed by atoms with Gasteiger partial charge in [-0.2, -0.15) is 12.6 Å². The molecule has 90 valence electrons. The van der Waals surface area contributed by atoms with Crippen LogP contribution in [0.3, 0.4) is 0 Å². The van der Waals surface area contributed by atoms with Gasteiger partial charge in [0.05, 0.1) is 0 Å². The van der Waals surface area contributed by atoms with Gasteiger partial charge in [-0.1, -0.05) is 36.1 Å². The van der Waals surface area contributed by atoms with E-state index in [9.17, 15) is 0 Å². The third-order valence-corrected chi connectivity index (χ3v) is 2.62. The highest BCUT2D eigenvalue weighted by molar-refractivity contribution is 7.80. The molecule has 2 rings (SSSR count). The average molecular weight is 253 g/mol. The molecule has 0 amide bonds. The third kappa shape index (κ3) is 3.87. The predicted molar refractivity (Wildman–Crippen MR) is 81.5 cm³/mol. The van der Waals surface area contributed by atoms with Gasteiger partial charge < -0.3 is 5.32 Å². The maximum Gasteiger partial charge on any atom is 0.0396 e. The van der Waals surface area contributed by atoms with Crippen LogP contribution in [0.1, 0.15) is 12.0 Å². The fraction of sp³-hybridized carbons (Fsp3) is 0.125. The summed E-state index contributed by atoms with van der Waals surface area (Å²) in [4.78, 5) is 0. The highest BCUT2D eigenvalue weighted by Crippen LogP contribution is 2.16. The first kappa shape index (κ1) is 12.6. The summed E-state index contributed by atoms with van der Waals surface area (Å²) >= 11 is 4.14. The second-order valence-electron chi connectivity index (χ2n) is 3.85. The summed E-state index contributed by atoms with van der Waals surface area (Å²) in [5.74, 6) is 7.02. The summed E-state index contributed by atoms with van der Waals surface area (Å²) in [7, 11) is 0. The molecule has 0 unspecified atom stereocenters. The van der Waals surface area contributed by atoms with Gasteiger partial charge in [0.25, 0.3) is 0 Å². The van der Waals surface area contributed by atoms with E-state index in [4.69, 9.17) is 0 Å². The van der Waals surface area contributed by atoms with Crippen LogP contribution in [0.25, 0.3) is 0 Å². The molecule has 0 heterocycles. The third-order valence-electron chi connectivity index (χ3n) is 2.39. The Morgan fingerprint density at radius 2 is 1.72 bits per heavy atom. The molecule has 18 heavy (non-hydrogen) atoms. The Morgan fingerprint density at radius 1 is 0.944 bits per heavy atom. The molecule has 2 aromatic carbocycles. The van der Waals surface area contributed by atoms with Crippen molar-refractivity contribution >= 4 is 24.0 Å². The standard InChI is InChI=1S/C16H15NS/c18-12-5-4-7-14-8-6-11-16(13-14)17-15-9-2-1-3-10-15/h1-3,6,8-11,13,17-18H,5,12H2. The average Bonchev–Trinajstić information content (AvgIpc) is 2.41. The minimum Gasteiger partial charge on any atom is -0.355 e. The van der Waals surface area contributed by atoms with Gasteiger partial charge in [0.2, 0.25) is 0 Å². The zero-order chi connectivity index (χ0) is 12.6. The van der Waals surface area contributed by atoms with E-state index in [-0.39, 0.29) is 0 Å². The van der Waals surface area contributed by atoms with Crippen LogP contribution in [0.2, 0.25) is 0 Å². The van der Waals surface area contributed by atoms with E-state index in [0.717, 1.165) is 29.1 Å². The first-order chi connectivity index (χ1) is 8.88. The number of nitrogens with one attached hydrogen (secondary N) is 1. The van der Waals surface area contributed by atoms with Gasteiger partial charge in [-0.05, 0) is 30.3 Å². The highest BCUT2D eigenvalue weighted by Gasteiger charge is 1.94. The topological polar surface area (TPSA) is 12.0 Å². The minimum absolute atomic E-state index is 0.801. The van der Waals surface area contributed by atoms with Crippen LogP contribution >= 0.6 is 12.6 Å². The molecule has 2 aromatic rings. The highest BCUT2D eigenvalue weighted by atomic mass is 32.1. The van der Waals surface area contributed by atoms with Crippen molar-refractivity contribution < 1.29 is 0 Å². The van der Waals surface area contributed by atoms with Crippen molar-refractivity contribution in [1.29, 1.82) is 0 Å². The van der Waals surface area contributed by atoms with Crippen molar-refractivity contribution in [3.05, 3.63) is 60.2 Å². The molecule has 0 bridgehead atoms. The summed E-state index contributed by atoms with van der Waals surface area (Å²) in [6.07, 6.45) is 0.819. The van der Waals surface area contributed by atoms with Gasteiger partial charge in [0.15, 0.2) is 0 Å². The molecule has 2 heteroatoms. The number of rotatable bonds is 3. The van der Waals surface area contributed by atoms with Crippen molar-refractivity contribution in [2.45, 2.75) is 6.42 Å². The van der Waals surface area contributed by atoms with Crippen LogP contribution in [-0.4, -0.2) is 5.75 Å². The van der Waals surface area contributed by atoms with E-state index in [2.05, 4.69) is 35.9 Å². The van der Waals surface area contributed by atoms with E-state index in [1.54, 1.807) is 0 Å². The van der Waals surface area contributed by atoms with Gasteiger partial charge in [0.1, 0.15) is 0 Å². The second-order valence-corrected chi connectivity index (χ2v) is 4.29. The molecular formula is C16H15NS. The lowest BCUT2D eigenvalue weighted by Crippen LogP contribution is -1.89. The molecule has 1 N–H and O–H groups in total. The molecule has 0 aliphatic rings. The quantitative estimate of drug-likeness (QED) is 0.620. The van der Waals surface area contributed by atoms with Gasteiger partial charge in [0, 0.05) is 29.1 Å². The number of hydrogen-bond acceptors (Lipinski definition) is 2. The van der Waals surface area contributed by atoms with Gasteiger partial charge >= 0.3 is 0 Å². The fourth-order valence-electron chi connectivity index (χ4n) is 1.58. The first-order valence-corrected chi connectivity index (χ1v) is 6.53. The van der Waals surface area contributed by atoms with Gasteiger partial charge in [-0.15, -0.1) is 0 Å². The number of benzene rings is 2. The molecule has 0 radical (unpaired) electrons. The van der Waals surface area contributed by atoms with E-state index >= 15 is 0 Å². The largest absolute Gasteiger partial charge is 0.355 e. The molecule has 0 fully saturated rings. The van der Waals surface area contributed by atoms with Crippen LogP contribution in [0.5, 0.6) is 0 Å². The molecule has 0 saturated carbocycles. The zero-order valence-electron chi connectivity index (χ0n) is 10.1. The van der Waals surface area contributed by atoms with E-state index < -0.39 is 0 Å². The maximum absolute atomic E-state index is 4.14. The van der Waals surface area contributed by atoms with E-state index in [1.807, 2.05) is 48.5 Å². The van der Waals surface area contributed by atoms with Crippen molar-refractivity contribution in [3.8, 4) is 11.8 Å². The number of para-hydroxylation sites is 1. The summed E-state index contributed by atoms with van der Waals surface area (Å²) < 4.78 is 0. The molecular weight excluding hydrogens is 238 g/mol. The summed E-state index contributed by atoms with van der Waals surface area (Å²) in [5.41, 5.74) is 3.16. The Kier molecular flexibility index (Phi) is 4.75. The molecule has 0 aromatic heterocycles. The van der Waals surface area contributed by atoms with Crippen LogP contribution in [0, 0.1) is 11.8 Å². The molecule has 0 saturated heterocycles. The monoisotopic (exact) mass is 253 g/mol. The molecule has 0 aliphatic carbocycles. The summed E-state index contributed by atoms with van der Waals surface area (Å²) in [6.45, 7) is 0. The normalized spacial score (nSPS) is 9.39. The van der Waals surface area contributed by atoms with Gasteiger partial charge in [-0.3, -0.25) is 0 Å². The number of thiol groups is 1. The Labute approximate surface area is 114 Å². The fourth-order valence-corrected chi connectivity index (χ4v) is 1.70. The summed E-state index contributed by atoms with van der Waals surface area (Å²) in [5, 5.41) is 3.35. The lowest BCUT2D eigenvalue weighted by molar-refractivity contribution is 1.31. The minimum atomic E-state index is 0.801. The maximum atomic E-state index is 4.14. The smallest absolute Gasteiger partial charge is 0.0396 e. The Balaban J connectivity index is 2.11. The second kappa shape index (κ2) is 6.78. The summed E-state index contributed by atoms with van der Waals surface area (Å²) in [6, 6.07) is 18.2. The van der Waals surface area contributed by atoms with Crippen LogP contribution in [0.15, 0.2) is 54.6 Å². The Bertz CT molecular complexity index is 552. The number of hydrogen-bond donors (Lipinski definition) is 2. The molecule has 0 aliphatic heterocycles. The van der Waals surface area contributed by atoms with Crippen molar-refractivity contribution in [2.75, 3.05) is 11.1 Å². The lowest BCUT2D eigenvalue weighted by atomic mass is 10.2. The van der Waals surface area contributed by atoms with E-state index in [0.29, 0.717) is 0 Å². The van der Waals surface area contributed by atoms with Crippen molar-refractivity contribution in [1.82, 2.24) is 0 Å². The van der Waals surface area contributed by atoms with Crippen molar-refractivity contribution in [3.63, 3.8) is 0 Å². The molecule has 0 atom stereocenters. The van der Waals surface area contributed by atoms with Crippen LogP contribution in [0.4, 0.5) is 11.4 Å². The number of anilines is 2. The first-order valence-electron chi connectivity index (χ1n) is 5.90. The van der Waals surface area contributed by atoms with Crippen LogP contribution in [-0.2, 0) is 0 Å². The Morgan fingerprint density at radius 3 is 2.50 bits per heavy atom. The lowest BCUT2D eigenvalue weighted by Gasteiger charge is -2.06. The predicted octanol–water partition coefficient (Wildman–Crippen LogP) is 4.10. The molecule has 1 nitrogen and oxygen atoms in total. The zero-order valence-corrected chi connectivity index (χ0v) is 11.0. The van der Waals surface area contributed by atoms with Crippen molar-refractivity contribution in [2.24, 2.45) is 0 Å². The van der Waals surface area contributed by atoms with E-state index in [1.165, 1.54) is 0 Å². The van der Waals surface area contributed by atoms with Gasteiger partial charge in [-0.25, -0.2) is 0 Å².